The van der Waals surface area contributed by atoms with Gasteiger partial charge in [-0.05, 0) is 49.2 Å². The second-order valence-corrected chi connectivity index (χ2v) is 8.09. The van der Waals surface area contributed by atoms with Crippen LogP contribution in [0.1, 0.15) is 17.0 Å². The van der Waals surface area contributed by atoms with Crippen molar-refractivity contribution in [2.24, 2.45) is 0 Å². The van der Waals surface area contributed by atoms with Crippen LogP contribution in [0.15, 0.2) is 60.7 Å². The van der Waals surface area contributed by atoms with Gasteiger partial charge in [-0.15, -0.1) is 0 Å². The van der Waals surface area contributed by atoms with Crippen LogP contribution in [-0.2, 0) is 13.2 Å². The van der Waals surface area contributed by atoms with Crippen molar-refractivity contribution in [3.63, 3.8) is 0 Å². The maximum absolute atomic E-state index is 10.9. The molecule has 0 aliphatic rings. The van der Waals surface area contributed by atoms with Gasteiger partial charge in [-0.1, -0.05) is 36.4 Å². The first-order chi connectivity index (χ1) is 16.5. The molecule has 0 saturated heterocycles. The number of ether oxygens (including phenoxy) is 4. The molecule has 0 spiro atoms. The number of nitrogens with zero attached hydrogens (tertiary/aromatic N) is 2. The summed E-state index contributed by atoms with van der Waals surface area (Å²) in [4.78, 5) is 4.76. The van der Waals surface area contributed by atoms with Gasteiger partial charge in [0.2, 0.25) is 5.75 Å². The summed E-state index contributed by atoms with van der Waals surface area (Å²) in [7, 11) is 3.14. The number of hydrogen-bond acceptors (Lipinski definition) is 6. The van der Waals surface area contributed by atoms with Crippen molar-refractivity contribution in [1.82, 2.24) is 9.55 Å². The van der Waals surface area contributed by atoms with E-state index >= 15 is 0 Å². The Bertz CT molecular complexity index is 1220. The fourth-order valence-corrected chi connectivity index (χ4v) is 4.01. The number of aromatic nitrogens is 2. The van der Waals surface area contributed by atoms with Gasteiger partial charge in [0.15, 0.2) is 11.5 Å². The van der Waals surface area contributed by atoms with Crippen LogP contribution in [0, 0.1) is 13.8 Å². The molecule has 7 nitrogen and oxygen atoms in total. The predicted molar refractivity (Wildman–Crippen MR) is 131 cm³/mol. The molecule has 4 rings (SSSR count). The Morgan fingerprint density at radius 1 is 0.824 bits per heavy atom. The van der Waals surface area contributed by atoms with Crippen molar-refractivity contribution in [2.75, 3.05) is 20.8 Å². The van der Waals surface area contributed by atoms with Gasteiger partial charge in [-0.3, -0.25) is 0 Å². The van der Waals surface area contributed by atoms with Gasteiger partial charge in [-0.2, -0.15) is 0 Å². The second kappa shape index (κ2) is 10.5. The number of aryl methyl sites for hydroxylation is 2. The van der Waals surface area contributed by atoms with E-state index in [9.17, 15) is 5.11 Å². The minimum Gasteiger partial charge on any atom is -0.493 e. The molecule has 4 aromatic rings. The SMILES string of the molecule is COc1cccc(OC)c1OCC(O)Cn1c(COc2c(C)cccc2C)nc2ccccc21. The smallest absolute Gasteiger partial charge is 0.203 e. The lowest BCUT2D eigenvalue weighted by atomic mass is 10.1. The molecular weight excluding hydrogens is 432 g/mol. The van der Waals surface area contributed by atoms with Gasteiger partial charge >= 0.3 is 0 Å². The van der Waals surface area contributed by atoms with Crippen LogP contribution in [0.5, 0.6) is 23.0 Å². The van der Waals surface area contributed by atoms with Crippen LogP contribution < -0.4 is 18.9 Å². The molecule has 7 heteroatoms. The molecule has 1 unspecified atom stereocenters. The van der Waals surface area contributed by atoms with Crippen LogP contribution in [0.2, 0.25) is 0 Å². The molecule has 0 radical (unpaired) electrons. The fraction of sp³-hybridized carbons (Fsp3) is 0.296. The lowest BCUT2D eigenvalue weighted by Gasteiger charge is -2.18. The van der Waals surface area contributed by atoms with Crippen molar-refractivity contribution in [3.05, 3.63) is 77.6 Å². The largest absolute Gasteiger partial charge is 0.493 e. The lowest BCUT2D eigenvalue weighted by Crippen LogP contribution is -2.25. The van der Waals surface area contributed by atoms with E-state index in [1.807, 2.05) is 66.9 Å². The van der Waals surface area contributed by atoms with Gasteiger partial charge in [0.25, 0.3) is 0 Å². The van der Waals surface area contributed by atoms with Gasteiger partial charge in [-0.25, -0.2) is 4.98 Å². The number of hydrogen-bond donors (Lipinski definition) is 1. The molecule has 0 saturated carbocycles. The molecule has 34 heavy (non-hydrogen) atoms. The van der Waals surface area contributed by atoms with Crippen LogP contribution in [-0.4, -0.2) is 41.6 Å². The monoisotopic (exact) mass is 462 g/mol. The third-order valence-corrected chi connectivity index (χ3v) is 5.68. The summed E-state index contributed by atoms with van der Waals surface area (Å²) in [6.45, 7) is 4.69. The number of para-hydroxylation sites is 4. The zero-order valence-electron chi connectivity index (χ0n) is 19.9. The maximum atomic E-state index is 10.9. The van der Waals surface area contributed by atoms with Crippen molar-refractivity contribution in [3.8, 4) is 23.0 Å². The summed E-state index contributed by atoms with van der Waals surface area (Å²) in [5.74, 6) is 3.14. The number of methoxy groups -OCH3 is 2. The van der Waals surface area contributed by atoms with E-state index in [4.69, 9.17) is 23.9 Å². The molecule has 1 N–H and O–H groups in total. The first kappa shape index (κ1) is 23.4. The molecule has 0 amide bonds. The zero-order chi connectivity index (χ0) is 24.1. The van der Waals surface area contributed by atoms with Gasteiger partial charge in [0.05, 0.1) is 31.8 Å². The van der Waals surface area contributed by atoms with E-state index in [-0.39, 0.29) is 13.2 Å². The summed E-state index contributed by atoms with van der Waals surface area (Å²) < 4.78 is 24.8. The normalized spacial score (nSPS) is 11.9. The van der Waals surface area contributed by atoms with Crippen LogP contribution in [0.25, 0.3) is 11.0 Å². The van der Waals surface area contributed by atoms with Gasteiger partial charge in [0.1, 0.15) is 30.9 Å². The van der Waals surface area contributed by atoms with E-state index in [1.165, 1.54) is 0 Å². The molecule has 0 fully saturated rings. The maximum Gasteiger partial charge on any atom is 0.203 e. The van der Waals surface area contributed by atoms with Crippen molar-refractivity contribution < 1.29 is 24.1 Å². The second-order valence-electron chi connectivity index (χ2n) is 8.09. The highest BCUT2D eigenvalue weighted by Crippen LogP contribution is 2.36. The minimum atomic E-state index is -0.800. The Morgan fingerprint density at radius 2 is 1.47 bits per heavy atom. The van der Waals surface area contributed by atoms with Crippen LogP contribution in [0.4, 0.5) is 0 Å². The third kappa shape index (κ3) is 4.94. The van der Waals surface area contributed by atoms with Crippen molar-refractivity contribution >= 4 is 11.0 Å². The molecule has 0 bridgehead atoms. The Balaban J connectivity index is 1.53. The van der Waals surface area contributed by atoms with Crippen LogP contribution >= 0.6 is 0 Å². The number of fused-ring (bicyclic) bond motifs is 1. The van der Waals surface area contributed by atoms with Crippen molar-refractivity contribution in [2.45, 2.75) is 33.1 Å². The summed E-state index contributed by atoms with van der Waals surface area (Å²) in [5.41, 5.74) is 3.92. The molecule has 1 atom stereocenters. The Labute approximate surface area is 199 Å². The fourth-order valence-electron chi connectivity index (χ4n) is 4.01. The Morgan fingerprint density at radius 3 is 2.15 bits per heavy atom. The summed E-state index contributed by atoms with van der Waals surface area (Å²) in [5, 5.41) is 10.9. The zero-order valence-corrected chi connectivity index (χ0v) is 19.9. The minimum absolute atomic E-state index is 0.0560. The Hall–Kier alpha value is -3.71. The lowest BCUT2D eigenvalue weighted by molar-refractivity contribution is 0.0887. The predicted octanol–water partition coefficient (Wildman–Crippen LogP) is 4.69. The molecule has 1 heterocycles. The highest BCUT2D eigenvalue weighted by atomic mass is 16.5. The average molecular weight is 463 g/mol. The number of benzene rings is 3. The number of aliphatic hydroxyl groups excluding tert-OH is 1. The van der Waals surface area contributed by atoms with Crippen molar-refractivity contribution in [1.29, 1.82) is 0 Å². The standard InChI is InChI=1S/C27H30N2O5/c1-18-9-7-10-19(2)26(18)34-17-25-28-21-11-5-6-12-22(21)29(25)15-20(30)16-33-27-23(31-3)13-8-14-24(27)32-4/h5-14,20,30H,15-17H2,1-4H3. The van der Waals surface area contributed by atoms with E-state index in [0.717, 1.165) is 33.7 Å². The average Bonchev–Trinajstić information content (AvgIpc) is 3.19. The number of aliphatic hydroxyl groups is 1. The number of imidazole rings is 1. The molecular formula is C27H30N2O5. The molecule has 0 aliphatic carbocycles. The van der Waals surface area contributed by atoms with Crippen LogP contribution in [0.3, 0.4) is 0 Å². The topological polar surface area (TPSA) is 75.0 Å². The highest BCUT2D eigenvalue weighted by Gasteiger charge is 2.18. The summed E-state index contributed by atoms with van der Waals surface area (Å²) in [6.07, 6.45) is -0.800. The van der Waals surface area contributed by atoms with E-state index < -0.39 is 6.10 Å². The molecule has 1 aromatic heterocycles. The molecule has 0 aliphatic heterocycles. The first-order valence-corrected chi connectivity index (χ1v) is 11.2. The van der Waals surface area contributed by atoms with E-state index in [1.54, 1.807) is 26.4 Å². The van der Waals surface area contributed by atoms with E-state index in [0.29, 0.717) is 23.8 Å². The van der Waals surface area contributed by atoms with Gasteiger partial charge in [0, 0.05) is 0 Å². The first-order valence-electron chi connectivity index (χ1n) is 11.2. The summed E-state index contributed by atoms with van der Waals surface area (Å²) in [6, 6.07) is 19.3. The summed E-state index contributed by atoms with van der Waals surface area (Å²) >= 11 is 0. The van der Waals surface area contributed by atoms with Gasteiger partial charge < -0.3 is 28.6 Å². The Kier molecular flexibility index (Phi) is 7.23. The number of rotatable bonds is 10. The molecule has 3 aromatic carbocycles. The third-order valence-electron chi connectivity index (χ3n) is 5.68. The molecule has 178 valence electrons. The van der Waals surface area contributed by atoms with E-state index in [2.05, 4.69) is 0 Å². The quantitative estimate of drug-likeness (QED) is 0.369. The highest BCUT2D eigenvalue weighted by molar-refractivity contribution is 5.75.